The first-order valence-electron chi connectivity index (χ1n) is 7.09. The molecule has 0 bridgehead atoms. The summed E-state index contributed by atoms with van der Waals surface area (Å²) in [5.74, 6) is 2.20. The molecule has 0 radical (unpaired) electrons. The summed E-state index contributed by atoms with van der Waals surface area (Å²) in [4.78, 5) is 5.52. The van der Waals surface area contributed by atoms with Crippen LogP contribution in [0.25, 0.3) is 10.8 Å². The molecule has 0 fully saturated rings. The molecule has 0 spiro atoms. The highest BCUT2D eigenvalue weighted by atomic mass is 32.1. The number of rotatable bonds is 6. The van der Waals surface area contributed by atoms with Crippen molar-refractivity contribution in [2.24, 2.45) is 0 Å². The van der Waals surface area contributed by atoms with Crippen molar-refractivity contribution >= 4 is 11.3 Å². The topological polar surface area (TPSA) is 55.5 Å². The number of nitrogens with zero attached hydrogens (tertiary/aromatic N) is 1. The number of hydrogen-bond acceptors (Lipinski definition) is 5. The lowest BCUT2D eigenvalue weighted by Crippen LogP contribution is -1.98. The van der Waals surface area contributed by atoms with Crippen molar-refractivity contribution < 1.29 is 14.3 Å². The van der Waals surface area contributed by atoms with Gasteiger partial charge in [-0.15, -0.1) is 11.3 Å². The Bertz CT molecular complexity index is 717. The summed E-state index contributed by atoms with van der Waals surface area (Å²) in [6.45, 7) is 2.43. The standard InChI is InChI=1S/C17H17NO3S/c1-12-15(18-17(21-12)16-3-2-10-22-16)11-20-14-6-4-13(5-7-14)8-9-19/h2-7,10,19H,8-9,11H2,1H3. The fourth-order valence-corrected chi connectivity index (χ4v) is 2.75. The lowest BCUT2D eigenvalue weighted by atomic mass is 10.1. The normalized spacial score (nSPS) is 10.8. The van der Waals surface area contributed by atoms with E-state index in [4.69, 9.17) is 14.3 Å². The third-order valence-corrected chi connectivity index (χ3v) is 4.18. The average molecular weight is 315 g/mol. The van der Waals surface area contributed by atoms with Crippen LogP contribution in [0.4, 0.5) is 0 Å². The fraction of sp³-hybridized carbons (Fsp3) is 0.235. The van der Waals surface area contributed by atoms with Gasteiger partial charge in [0.25, 0.3) is 0 Å². The second kappa shape index (κ2) is 6.77. The lowest BCUT2D eigenvalue weighted by molar-refractivity contribution is 0.296. The second-order valence-electron chi connectivity index (χ2n) is 4.91. The minimum absolute atomic E-state index is 0.157. The van der Waals surface area contributed by atoms with Gasteiger partial charge in [-0.25, -0.2) is 4.98 Å². The Morgan fingerprint density at radius 2 is 2.05 bits per heavy atom. The maximum Gasteiger partial charge on any atom is 0.236 e. The minimum atomic E-state index is 0.157. The quantitative estimate of drug-likeness (QED) is 0.751. The first-order valence-corrected chi connectivity index (χ1v) is 7.97. The molecule has 2 heterocycles. The van der Waals surface area contributed by atoms with E-state index in [1.54, 1.807) is 11.3 Å². The number of oxazole rings is 1. The largest absolute Gasteiger partial charge is 0.487 e. The molecule has 0 unspecified atom stereocenters. The van der Waals surface area contributed by atoms with Crippen LogP contribution in [0.5, 0.6) is 5.75 Å². The van der Waals surface area contributed by atoms with Crippen LogP contribution < -0.4 is 4.74 Å². The van der Waals surface area contributed by atoms with E-state index in [-0.39, 0.29) is 6.61 Å². The molecule has 0 aliphatic carbocycles. The molecule has 2 aromatic heterocycles. The molecule has 0 saturated heterocycles. The first kappa shape index (κ1) is 14.8. The monoisotopic (exact) mass is 315 g/mol. The van der Waals surface area contributed by atoms with E-state index in [2.05, 4.69) is 4.98 Å². The van der Waals surface area contributed by atoms with Gasteiger partial charge >= 0.3 is 0 Å². The van der Waals surface area contributed by atoms with E-state index in [1.165, 1.54) is 0 Å². The van der Waals surface area contributed by atoms with Crippen molar-refractivity contribution in [3.05, 3.63) is 58.8 Å². The van der Waals surface area contributed by atoms with Crippen LogP contribution in [0.3, 0.4) is 0 Å². The maximum absolute atomic E-state index is 8.90. The summed E-state index contributed by atoms with van der Waals surface area (Å²) >= 11 is 1.60. The number of aromatic nitrogens is 1. The zero-order valence-electron chi connectivity index (χ0n) is 12.3. The van der Waals surface area contributed by atoms with E-state index >= 15 is 0 Å². The Morgan fingerprint density at radius 1 is 1.23 bits per heavy atom. The molecular formula is C17H17NO3S. The van der Waals surface area contributed by atoms with Gasteiger partial charge in [0.05, 0.1) is 4.88 Å². The summed E-state index contributed by atoms with van der Waals surface area (Å²) in [6, 6.07) is 11.7. The Labute approximate surface area is 133 Å². The molecule has 22 heavy (non-hydrogen) atoms. The Balaban J connectivity index is 1.66. The van der Waals surface area contributed by atoms with E-state index < -0.39 is 0 Å². The summed E-state index contributed by atoms with van der Waals surface area (Å²) < 4.78 is 11.4. The third-order valence-electron chi connectivity index (χ3n) is 3.32. The fourth-order valence-electron chi connectivity index (χ4n) is 2.10. The first-order chi connectivity index (χ1) is 10.8. The highest BCUT2D eigenvalue weighted by Crippen LogP contribution is 2.26. The van der Waals surface area contributed by atoms with Gasteiger partial charge in [-0.2, -0.15) is 0 Å². The molecule has 0 aliphatic rings. The van der Waals surface area contributed by atoms with Gasteiger partial charge in [-0.05, 0) is 42.5 Å². The van der Waals surface area contributed by atoms with E-state index in [1.807, 2.05) is 48.7 Å². The molecule has 0 amide bonds. The predicted molar refractivity (Wildman–Crippen MR) is 86.1 cm³/mol. The van der Waals surface area contributed by atoms with Crippen molar-refractivity contribution in [2.75, 3.05) is 6.61 Å². The molecule has 0 atom stereocenters. The Morgan fingerprint density at radius 3 is 2.73 bits per heavy atom. The molecule has 1 aromatic carbocycles. The Kier molecular flexibility index (Phi) is 4.56. The molecule has 3 rings (SSSR count). The molecule has 5 heteroatoms. The van der Waals surface area contributed by atoms with Crippen molar-refractivity contribution in [1.82, 2.24) is 4.98 Å². The summed E-state index contributed by atoms with van der Waals surface area (Å²) in [7, 11) is 0. The molecule has 4 nitrogen and oxygen atoms in total. The van der Waals surface area contributed by atoms with Gasteiger partial charge in [0.1, 0.15) is 23.8 Å². The number of benzene rings is 1. The van der Waals surface area contributed by atoms with Crippen molar-refractivity contribution in [2.45, 2.75) is 20.0 Å². The van der Waals surface area contributed by atoms with Crippen molar-refractivity contribution in [3.63, 3.8) is 0 Å². The third kappa shape index (κ3) is 3.37. The second-order valence-corrected chi connectivity index (χ2v) is 5.85. The van der Waals surface area contributed by atoms with Crippen LogP contribution in [0.2, 0.25) is 0 Å². The SMILES string of the molecule is Cc1oc(-c2cccs2)nc1COc1ccc(CCO)cc1. The zero-order chi connectivity index (χ0) is 15.4. The van der Waals surface area contributed by atoms with Gasteiger partial charge < -0.3 is 14.3 Å². The maximum atomic E-state index is 8.90. The van der Waals surface area contributed by atoms with Crippen LogP contribution >= 0.6 is 11.3 Å². The van der Waals surface area contributed by atoms with Crippen molar-refractivity contribution in [1.29, 1.82) is 0 Å². The average Bonchev–Trinajstić information content (AvgIpc) is 3.16. The van der Waals surface area contributed by atoms with Crippen LogP contribution in [0, 0.1) is 6.92 Å². The van der Waals surface area contributed by atoms with Crippen molar-refractivity contribution in [3.8, 4) is 16.5 Å². The molecule has 0 saturated carbocycles. The highest BCUT2D eigenvalue weighted by molar-refractivity contribution is 7.13. The number of aliphatic hydroxyl groups is 1. The van der Waals surface area contributed by atoms with Crippen LogP contribution in [-0.2, 0) is 13.0 Å². The number of aliphatic hydroxyl groups excluding tert-OH is 1. The summed E-state index contributed by atoms with van der Waals surface area (Å²) in [5, 5.41) is 10.9. The zero-order valence-corrected chi connectivity index (χ0v) is 13.1. The van der Waals surface area contributed by atoms with Gasteiger partial charge in [0.2, 0.25) is 5.89 Å². The van der Waals surface area contributed by atoms with E-state index in [0.717, 1.165) is 27.6 Å². The predicted octanol–water partition coefficient (Wildman–Crippen LogP) is 3.83. The molecule has 0 aliphatic heterocycles. The number of aryl methyl sites for hydroxylation is 1. The molecule has 3 aromatic rings. The van der Waals surface area contributed by atoms with Crippen LogP contribution in [0.1, 0.15) is 17.0 Å². The van der Waals surface area contributed by atoms with E-state index in [0.29, 0.717) is 18.9 Å². The number of ether oxygens (including phenoxy) is 1. The number of thiophene rings is 1. The van der Waals surface area contributed by atoms with Gasteiger partial charge in [0.15, 0.2) is 0 Å². The number of hydrogen-bond donors (Lipinski definition) is 1. The summed E-state index contributed by atoms with van der Waals surface area (Å²) in [5.41, 5.74) is 1.90. The highest BCUT2D eigenvalue weighted by Gasteiger charge is 2.12. The summed E-state index contributed by atoms with van der Waals surface area (Å²) in [6.07, 6.45) is 0.660. The van der Waals surface area contributed by atoms with Crippen LogP contribution in [-0.4, -0.2) is 16.7 Å². The minimum Gasteiger partial charge on any atom is -0.487 e. The molecule has 114 valence electrons. The smallest absolute Gasteiger partial charge is 0.236 e. The Hall–Kier alpha value is -2.11. The van der Waals surface area contributed by atoms with Gasteiger partial charge in [-0.3, -0.25) is 0 Å². The van der Waals surface area contributed by atoms with E-state index in [9.17, 15) is 0 Å². The van der Waals surface area contributed by atoms with Crippen LogP contribution in [0.15, 0.2) is 46.2 Å². The van der Waals surface area contributed by atoms with Gasteiger partial charge in [0, 0.05) is 6.61 Å². The molecular weight excluding hydrogens is 298 g/mol. The lowest BCUT2D eigenvalue weighted by Gasteiger charge is -2.05. The van der Waals surface area contributed by atoms with Gasteiger partial charge in [-0.1, -0.05) is 18.2 Å². The molecule has 1 N–H and O–H groups in total.